The van der Waals surface area contributed by atoms with Crippen molar-refractivity contribution >= 4 is 28.5 Å². The molecule has 0 aliphatic rings. The number of hydrogen-bond acceptors (Lipinski definition) is 2. The normalized spacial score (nSPS) is 12.6. The first-order valence-corrected chi connectivity index (χ1v) is 7.29. The van der Waals surface area contributed by atoms with Gasteiger partial charge in [-0.3, -0.25) is 4.79 Å². The molecule has 4 heteroatoms. The van der Waals surface area contributed by atoms with Gasteiger partial charge >= 0.3 is 0 Å². The van der Waals surface area contributed by atoms with Crippen LogP contribution >= 0.6 is 22.6 Å². The number of aryl methyl sites for hydroxylation is 1. The van der Waals surface area contributed by atoms with Gasteiger partial charge in [0, 0.05) is 16.2 Å². The number of halogens is 1. The molecular weight excluding hydrogens is 339 g/mol. The fraction of sp³-hybridized carbons (Fsp3) is 0.500. The third-order valence-corrected chi connectivity index (χ3v) is 4.24. The van der Waals surface area contributed by atoms with Crippen LogP contribution in [0.1, 0.15) is 36.2 Å². The predicted octanol–water partition coefficient (Wildman–Crippen LogP) is 2.70. The Balaban J connectivity index is 2.78. The lowest BCUT2D eigenvalue weighted by atomic mass is 10.0. The third-order valence-electron chi connectivity index (χ3n) is 2.81. The minimum atomic E-state index is -0.0285. The summed E-state index contributed by atoms with van der Waals surface area (Å²) in [5, 5.41) is 3.01. The van der Waals surface area contributed by atoms with E-state index in [9.17, 15) is 4.79 Å². The van der Waals surface area contributed by atoms with Crippen molar-refractivity contribution in [3.8, 4) is 0 Å². The standard InChI is InChI=1S/C14H21IN2O/c1-9(2)7-11(8-16)17-14(18)12-6-4-5-10(3)13(12)15/h4-6,9,11H,7-8,16H2,1-3H3,(H,17,18). The summed E-state index contributed by atoms with van der Waals surface area (Å²) in [5.41, 5.74) is 7.55. The van der Waals surface area contributed by atoms with Crippen molar-refractivity contribution in [1.82, 2.24) is 5.32 Å². The number of amides is 1. The summed E-state index contributed by atoms with van der Waals surface area (Å²) in [6, 6.07) is 5.82. The van der Waals surface area contributed by atoms with Crippen molar-refractivity contribution in [3.05, 3.63) is 32.9 Å². The molecular formula is C14H21IN2O. The molecule has 0 spiro atoms. The van der Waals surface area contributed by atoms with E-state index in [1.54, 1.807) is 0 Å². The second-order valence-electron chi connectivity index (χ2n) is 4.97. The molecule has 3 nitrogen and oxygen atoms in total. The van der Waals surface area contributed by atoms with Gasteiger partial charge in [-0.2, -0.15) is 0 Å². The first-order valence-electron chi connectivity index (χ1n) is 6.21. The van der Waals surface area contributed by atoms with Crippen LogP contribution in [0.2, 0.25) is 0 Å². The molecule has 0 aliphatic carbocycles. The highest BCUT2D eigenvalue weighted by Gasteiger charge is 2.16. The van der Waals surface area contributed by atoms with Crippen LogP contribution in [0.25, 0.3) is 0 Å². The van der Waals surface area contributed by atoms with Gasteiger partial charge in [0.05, 0.1) is 5.56 Å². The molecule has 0 saturated carbocycles. The van der Waals surface area contributed by atoms with Gasteiger partial charge < -0.3 is 11.1 Å². The van der Waals surface area contributed by atoms with E-state index in [1.807, 2.05) is 25.1 Å². The lowest BCUT2D eigenvalue weighted by molar-refractivity contribution is 0.0933. The molecule has 1 rings (SSSR count). The molecule has 3 N–H and O–H groups in total. The maximum absolute atomic E-state index is 12.2. The lowest BCUT2D eigenvalue weighted by Gasteiger charge is -2.19. The Morgan fingerprint density at radius 1 is 1.44 bits per heavy atom. The quantitative estimate of drug-likeness (QED) is 0.794. The van der Waals surface area contributed by atoms with Gasteiger partial charge in [-0.15, -0.1) is 0 Å². The SMILES string of the molecule is Cc1cccc(C(=O)NC(CN)CC(C)C)c1I. The minimum absolute atomic E-state index is 0.0285. The fourth-order valence-electron chi connectivity index (χ4n) is 1.87. The van der Waals surface area contributed by atoms with Crippen LogP contribution in [0.15, 0.2) is 18.2 Å². The first kappa shape index (κ1) is 15.4. The average molecular weight is 360 g/mol. The zero-order chi connectivity index (χ0) is 13.7. The molecule has 0 radical (unpaired) electrons. The van der Waals surface area contributed by atoms with E-state index in [4.69, 9.17) is 5.73 Å². The van der Waals surface area contributed by atoms with Gasteiger partial charge in [-0.1, -0.05) is 26.0 Å². The van der Waals surface area contributed by atoms with Crippen LogP contribution in [0, 0.1) is 16.4 Å². The molecule has 0 saturated heterocycles. The van der Waals surface area contributed by atoms with Crippen LogP contribution in [-0.4, -0.2) is 18.5 Å². The van der Waals surface area contributed by atoms with E-state index in [2.05, 4.69) is 41.8 Å². The summed E-state index contributed by atoms with van der Waals surface area (Å²) in [4.78, 5) is 12.2. The van der Waals surface area contributed by atoms with E-state index in [1.165, 1.54) is 0 Å². The number of nitrogens with two attached hydrogens (primary N) is 1. The maximum atomic E-state index is 12.2. The van der Waals surface area contributed by atoms with Crippen molar-refractivity contribution in [2.24, 2.45) is 11.7 Å². The van der Waals surface area contributed by atoms with Crippen LogP contribution < -0.4 is 11.1 Å². The van der Waals surface area contributed by atoms with E-state index < -0.39 is 0 Å². The molecule has 1 aromatic carbocycles. The number of benzene rings is 1. The molecule has 1 atom stereocenters. The fourth-order valence-corrected chi connectivity index (χ4v) is 2.47. The Kier molecular flexibility index (Phi) is 6.08. The van der Waals surface area contributed by atoms with Crippen LogP contribution in [0.4, 0.5) is 0 Å². The molecule has 1 unspecified atom stereocenters. The molecule has 100 valence electrons. The summed E-state index contributed by atoms with van der Waals surface area (Å²) in [5.74, 6) is 0.495. The zero-order valence-electron chi connectivity index (χ0n) is 11.2. The monoisotopic (exact) mass is 360 g/mol. The van der Waals surface area contributed by atoms with Crippen molar-refractivity contribution in [1.29, 1.82) is 0 Å². The van der Waals surface area contributed by atoms with Crippen LogP contribution in [0.5, 0.6) is 0 Å². The van der Waals surface area contributed by atoms with Crippen LogP contribution in [-0.2, 0) is 0 Å². The van der Waals surface area contributed by atoms with Crippen molar-refractivity contribution in [3.63, 3.8) is 0 Å². The molecule has 0 aliphatic heterocycles. The zero-order valence-corrected chi connectivity index (χ0v) is 13.3. The highest BCUT2D eigenvalue weighted by Crippen LogP contribution is 2.17. The summed E-state index contributed by atoms with van der Waals surface area (Å²) in [7, 11) is 0. The summed E-state index contributed by atoms with van der Waals surface area (Å²) < 4.78 is 1.01. The molecule has 0 aromatic heterocycles. The number of nitrogens with one attached hydrogen (secondary N) is 1. The molecule has 0 bridgehead atoms. The molecule has 0 fully saturated rings. The smallest absolute Gasteiger partial charge is 0.252 e. The Morgan fingerprint density at radius 3 is 2.67 bits per heavy atom. The van der Waals surface area contributed by atoms with Crippen molar-refractivity contribution in [2.45, 2.75) is 33.2 Å². The lowest BCUT2D eigenvalue weighted by Crippen LogP contribution is -2.41. The van der Waals surface area contributed by atoms with Crippen molar-refractivity contribution in [2.75, 3.05) is 6.54 Å². The van der Waals surface area contributed by atoms with Gasteiger partial charge in [0.15, 0.2) is 0 Å². The Bertz CT molecular complexity index is 418. The highest BCUT2D eigenvalue weighted by molar-refractivity contribution is 14.1. The maximum Gasteiger partial charge on any atom is 0.252 e. The predicted molar refractivity (Wildman–Crippen MR) is 83.7 cm³/mol. The second-order valence-corrected chi connectivity index (χ2v) is 6.05. The first-order chi connectivity index (χ1) is 8.45. The van der Waals surface area contributed by atoms with Gasteiger partial charge in [0.25, 0.3) is 5.91 Å². The Morgan fingerprint density at radius 2 is 2.11 bits per heavy atom. The number of carbonyl (C=O) groups excluding carboxylic acids is 1. The van der Waals surface area contributed by atoms with Gasteiger partial charge in [0.2, 0.25) is 0 Å². The highest BCUT2D eigenvalue weighted by atomic mass is 127. The number of rotatable bonds is 5. The molecule has 0 heterocycles. The summed E-state index contributed by atoms with van der Waals surface area (Å²) in [6.07, 6.45) is 0.907. The molecule has 1 aromatic rings. The Hall–Kier alpha value is -0.620. The van der Waals surface area contributed by atoms with E-state index in [0.717, 1.165) is 21.1 Å². The largest absolute Gasteiger partial charge is 0.348 e. The number of carbonyl (C=O) groups is 1. The number of hydrogen-bond donors (Lipinski definition) is 2. The Labute approximate surface area is 123 Å². The molecule has 18 heavy (non-hydrogen) atoms. The average Bonchev–Trinajstić information content (AvgIpc) is 2.31. The van der Waals surface area contributed by atoms with E-state index >= 15 is 0 Å². The summed E-state index contributed by atoms with van der Waals surface area (Å²) >= 11 is 2.21. The topological polar surface area (TPSA) is 55.1 Å². The van der Waals surface area contributed by atoms with Gasteiger partial charge in [0.1, 0.15) is 0 Å². The van der Waals surface area contributed by atoms with Crippen LogP contribution in [0.3, 0.4) is 0 Å². The minimum Gasteiger partial charge on any atom is -0.348 e. The summed E-state index contributed by atoms with van der Waals surface area (Å²) in [6.45, 7) is 6.75. The van der Waals surface area contributed by atoms with Crippen molar-refractivity contribution < 1.29 is 4.79 Å². The third kappa shape index (κ3) is 4.24. The second kappa shape index (κ2) is 7.09. The van der Waals surface area contributed by atoms with E-state index in [0.29, 0.717) is 12.5 Å². The molecule has 1 amide bonds. The van der Waals surface area contributed by atoms with Gasteiger partial charge in [-0.25, -0.2) is 0 Å². The van der Waals surface area contributed by atoms with E-state index in [-0.39, 0.29) is 11.9 Å². The van der Waals surface area contributed by atoms with Gasteiger partial charge in [-0.05, 0) is 53.5 Å².